The Morgan fingerprint density at radius 3 is 2.61 bits per heavy atom. The molecule has 4 rings (SSSR count). The molecule has 4 aromatic rings. The van der Waals surface area contributed by atoms with Gasteiger partial charge in [0.15, 0.2) is 11.5 Å². The van der Waals surface area contributed by atoms with E-state index in [9.17, 15) is 9.59 Å². The first kappa shape index (κ1) is 17.8. The van der Waals surface area contributed by atoms with E-state index in [2.05, 4.69) is 9.67 Å². The average Bonchev–Trinajstić information content (AvgIpc) is 3.40. The number of furan rings is 1. The Hall–Kier alpha value is -3.61. The molecule has 0 amide bonds. The molecule has 1 aromatic carbocycles. The van der Waals surface area contributed by atoms with Crippen molar-refractivity contribution in [3.05, 3.63) is 87.9 Å². The molecule has 0 saturated carbocycles. The van der Waals surface area contributed by atoms with Crippen molar-refractivity contribution < 1.29 is 13.6 Å². The van der Waals surface area contributed by atoms with E-state index in [1.54, 1.807) is 12.1 Å². The summed E-state index contributed by atoms with van der Waals surface area (Å²) in [5.74, 6) is -0.506. The SMILES string of the molecule is Cc1cc(C(=O)Cn2nc(-c3ccco3)oc2=O)c(C)n1Cc1ccccc1. The fourth-order valence-corrected chi connectivity index (χ4v) is 3.22. The summed E-state index contributed by atoms with van der Waals surface area (Å²) in [5.41, 5.74) is 3.56. The van der Waals surface area contributed by atoms with E-state index in [0.717, 1.165) is 21.6 Å². The number of aromatic nitrogens is 3. The molecule has 7 heteroatoms. The van der Waals surface area contributed by atoms with E-state index in [-0.39, 0.29) is 18.2 Å². The number of hydrogen-bond acceptors (Lipinski definition) is 5. The van der Waals surface area contributed by atoms with Gasteiger partial charge in [0.05, 0.1) is 6.26 Å². The summed E-state index contributed by atoms with van der Waals surface area (Å²) >= 11 is 0. The Balaban J connectivity index is 1.58. The van der Waals surface area contributed by atoms with Crippen LogP contribution in [0.2, 0.25) is 0 Å². The fourth-order valence-electron chi connectivity index (χ4n) is 3.22. The van der Waals surface area contributed by atoms with Crippen LogP contribution < -0.4 is 5.76 Å². The zero-order valence-corrected chi connectivity index (χ0v) is 15.6. The summed E-state index contributed by atoms with van der Waals surface area (Å²) in [6, 6.07) is 15.2. The van der Waals surface area contributed by atoms with Crippen molar-refractivity contribution in [2.45, 2.75) is 26.9 Å². The minimum atomic E-state index is -0.696. The lowest BCUT2D eigenvalue weighted by Gasteiger charge is -2.10. The molecule has 0 bridgehead atoms. The third-order valence-corrected chi connectivity index (χ3v) is 4.69. The maximum absolute atomic E-state index is 12.8. The highest BCUT2D eigenvalue weighted by atomic mass is 16.4. The first-order valence-electron chi connectivity index (χ1n) is 8.88. The van der Waals surface area contributed by atoms with Crippen LogP contribution in [0, 0.1) is 13.8 Å². The number of carbonyl (C=O) groups is 1. The zero-order valence-electron chi connectivity index (χ0n) is 15.6. The second kappa shape index (κ2) is 7.19. The third-order valence-electron chi connectivity index (χ3n) is 4.69. The molecule has 0 fully saturated rings. The van der Waals surface area contributed by atoms with Gasteiger partial charge in [-0.2, -0.15) is 4.68 Å². The smallest absolute Gasteiger partial charge is 0.437 e. The van der Waals surface area contributed by atoms with Crippen molar-refractivity contribution >= 4 is 5.78 Å². The van der Waals surface area contributed by atoms with Gasteiger partial charge >= 0.3 is 5.76 Å². The van der Waals surface area contributed by atoms with Crippen LogP contribution in [0.4, 0.5) is 0 Å². The third kappa shape index (κ3) is 3.34. The normalized spacial score (nSPS) is 11.1. The van der Waals surface area contributed by atoms with Gasteiger partial charge in [0.1, 0.15) is 6.54 Å². The monoisotopic (exact) mass is 377 g/mol. The summed E-state index contributed by atoms with van der Waals surface area (Å²) in [7, 11) is 0. The number of rotatable bonds is 6. The van der Waals surface area contributed by atoms with Gasteiger partial charge in [-0.1, -0.05) is 30.3 Å². The number of carbonyl (C=O) groups excluding carboxylic acids is 1. The first-order valence-corrected chi connectivity index (χ1v) is 8.88. The lowest BCUT2D eigenvalue weighted by molar-refractivity contribution is 0.0964. The molecule has 0 aliphatic heterocycles. The van der Waals surface area contributed by atoms with Crippen LogP contribution in [0.25, 0.3) is 11.7 Å². The maximum atomic E-state index is 12.8. The number of Topliss-reactive ketones (excluding diaryl/α,β-unsaturated/α-hetero) is 1. The maximum Gasteiger partial charge on any atom is 0.437 e. The van der Waals surface area contributed by atoms with E-state index in [0.29, 0.717) is 17.9 Å². The minimum absolute atomic E-state index is 0.0531. The van der Waals surface area contributed by atoms with Gasteiger partial charge in [0, 0.05) is 23.5 Å². The van der Waals surface area contributed by atoms with Crippen molar-refractivity contribution in [1.29, 1.82) is 0 Å². The predicted octanol–water partition coefficient (Wildman–Crippen LogP) is 3.45. The molecule has 0 N–H and O–H groups in total. The Bertz CT molecular complexity index is 1160. The zero-order chi connectivity index (χ0) is 19.7. The molecule has 0 atom stereocenters. The van der Waals surface area contributed by atoms with Gasteiger partial charge in [0.2, 0.25) is 0 Å². The van der Waals surface area contributed by atoms with E-state index < -0.39 is 5.76 Å². The van der Waals surface area contributed by atoms with E-state index in [1.807, 2.05) is 50.2 Å². The first-order chi connectivity index (χ1) is 13.5. The van der Waals surface area contributed by atoms with Crippen LogP contribution in [-0.4, -0.2) is 20.1 Å². The van der Waals surface area contributed by atoms with Gasteiger partial charge < -0.3 is 13.4 Å². The largest absolute Gasteiger partial charge is 0.459 e. The highest BCUT2D eigenvalue weighted by molar-refractivity contribution is 5.97. The summed E-state index contributed by atoms with van der Waals surface area (Å²) in [4.78, 5) is 24.9. The molecule has 0 aliphatic rings. The van der Waals surface area contributed by atoms with Crippen molar-refractivity contribution in [1.82, 2.24) is 14.3 Å². The van der Waals surface area contributed by atoms with Gasteiger partial charge in [0.25, 0.3) is 5.89 Å². The molecule has 28 heavy (non-hydrogen) atoms. The fraction of sp³-hybridized carbons (Fsp3) is 0.190. The molecule has 3 heterocycles. The van der Waals surface area contributed by atoms with Gasteiger partial charge in [-0.15, -0.1) is 5.10 Å². The molecule has 142 valence electrons. The number of benzene rings is 1. The van der Waals surface area contributed by atoms with Crippen LogP contribution >= 0.6 is 0 Å². The van der Waals surface area contributed by atoms with Gasteiger partial charge in [-0.25, -0.2) is 4.79 Å². The van der Waals surface area contributed by atoms with Gasteiger partial charge in [-0.3, -0.25) is 4.79 Å². The molecule has 0 aliphatic carbocycles. The average molecular weight is 377 g/mol. The number of ketones is 1. The summed E-state index contributed by atoms with van der Waals surface area (Å²) in [5, 5.41) is 4.06. The molecular weight excluding hydrogens is 358 g/mol. The quantitative estimate of drug-likeness (QED) is 0.481. The molecule has 0 spiro atoms. The van der Waals surface area contributed by atoms with Crippen LogP contribution in [0.5, 0.6) is 0 Å². The Labute approximate surface area is 160 Å². The highest BCUT2D eigenvalue weighted by Crippen LogP contribution is 2.19. The van der Waals surface area contributed by atoms with Crippen LogP contribution in [-0.2, 0) is 13.1 Å². The van der Waals surface area contributed by atoms with Gasteiger partial charge in [-0.05, 0) is 37.6 Å². The van der Waals surface area contributed by atoms with Crippen molar-refractivity contribution in [3.63, 3.8) is 0 Å². The number of aryl methyl sites for hydroxylation is 1. The Morgan fingerprint density at radius 2 is 1.89 bits per heavy atom. The lowest BCUT2D eigenvalue weighted by atomic mass is 10.1. The number of nitrogens with zero attached hydrogens (tertiary/aromatic N) is 3. The standard InChI is InChI=1S/C21H19N3O4/c1-14-11-17(15(2)23(14)12-16-7-4-3-5-8-16)18(25)13-24-21(26)28-20(22-24)19-9-6-10-27-19/h3-11H,12-13H2,1-2H3. The minimum Gasteiger partial charge on any atom is -0.459 e. The lowest BCUT2D eigenvalue weighted by Crippen LogP contribution is -2.22. The highest BCUT2D eigenvalue weighted by Gasteiger charge is 2.20. The Kier molecular flexibility index (Phi) is 4.57. The second-order valence-electron chi connectivity index (χ2n) is 6.59. The topological polar surface area (TPSA) is 83.2 Å². The van der Waals surface area contributed by atoms with E-state index in [4.69, 9.17) is 8.83 Å². The van der Waals surface area contributed by atoms with Crippen LogP contribution in [0.1, 0.15) is 27.3 Å². The van der Waals surface area contributed by atoms with E-state index >= 15 is 0 Å². The van der Waals surface area contributed by atoms with Crippen molar-refractivity contribution in [3.8, 4) is 11.7 Å². The predicted molar refractivity (Wildman–Crippen MR) is 102 cm³/mol. The number of hydrogen-bond donors (Lipinski definition) is 0. The summed E-state index contributed by atoms with van der Waals surface area (Å²) in [6.07, 6.45) is 1.46. The second-order valence-corrected chi connectivity index (χ2v) is 6.59. The molecule has 0 saturated heterocycles. The van der Waals surface area contributed by atoms with Crippen molar-refractivity contribution in [2.24, 2.45) is 0 Å². The van der Waals surface area contributed by atoms with Crippen LogP contribution in [0.15, 0.2) is 68.4 Å². The van der Waals surface area contributed by atoms with E-state index in [1.165, 1.54) is 6.26 Å². The van der Waals surface area contributed by atoms with Crippen LogP contribution in [0.3, 0.4) is 0 Å². The van der Waals surface area contributed by atoms with Crippen molar-refractivity contribution in [2.75, 3.05) is 0 Å². The molecule has 0 unspecified atom stereocenters. The summed E-state index contributed by atoms with van der Waals surface area (Å²) < 4.78 is 13.4. The molecule has 3 aromatic heterocycles. The molecule has 0 radical (unpaired) electrons. The Morgan fingerprint density at radius 1 is 1.11 bits per heavy atom. The molecule has 7 nitrogen and oxygen atoms in total. The molecular formula is C21H19N3O4. The summed E-state index contributed by atoms with van der Waals surface area (Å²) in [6.45, 7) is 4.35.